The van der Waals surface area contributed by atoms with Crippen LogP contribution in [-0.2, 0) is 21.4 Å². The third kappa shape index (κ3) is 3.36. The molecule has 0 aliphatic carbocycles. The van der Waals surface area contributed by atoms with Gasteiger partial charge in [0.25, 0.3) is 0 Å². The minimum absolute atomic E-state index is 0.0557. The molecule has 138 valence electrons. The summed E-state index contributed by atoms with van der Waals surface area (Å²) in [5.41, 5.74) is 0.00572. The highest BCUT2D eigenvalue weighted by molar-refractivity contribution is 7.88. The Hall–Kier alpha value is -1.71. The van der Waals surface area contributed by atoms with E-state index in [1.165, 1.54) is 4.31 Å². The summed E-state index contributed by atoms with van der Waals surface area (Å²) in [6.45, 7) is 1.88. The Morgan fingerprint density at radius 2 is 2.08 bits per heavy atom. The third-order valence-electron chi connectivity index (χ3n) is 5.22. The number of carboxylic acids is 1. The van der Waals surface area contributed by atoms with Crippen molar-refractivity contribution in [3.63, 3.8) is 0 Å². The maximum absolute atomic E-state index is 11.9. The molecular formula is C16H24N4O4S. The number of anilines is 1. The van der Waals surface area contributed by atoms with Crippen LogP contribution < -0.4 is 4.90 Å². The van der Waals surface area contributed by atoms with E-state index >= 15 is 0 Å². The molecule has 9 heteroatoms. The lowest BCUT2D eigenvalue weighted by Crippen LogP contribution is -2.41. The van der Waals surface area contributed by atoms with E-state index in [0.717, 1.165) is 17.6 Å². The van der Waals surface area contributed by atoms with Crippen molar-refractivity contribution in [1.82, 2.24) is 14.2 Å². The molecule has 2 atom stereocenters. The molecule has 3 heterocycles. The molecule has 1 N–H and O–H groups in total. The number of fused-ring (bicyclic) bond motifs is 1. The van der Waals surface area contributed by atoms with Crippen LogP contribution in [0.2, 0.25) is 0 Å². The van der Waals surface area contributed by atoms with Crippen LogP contribution in [-0.4, -0.2) is 80.2 Å². The van der Waals surface area contributed by atoms with Gasteiger partial charge < -0.3 is 10.0 Å². The van der Waals surface area contributed by atoms with E-state index in [2.05, 4.69) is 9.88 Å². The van der Waals surface area contributed by atoms with Crippen LogP contribution in [0.25, 0.3) is 0 Å². The smallest absolute Gasteiger partial charge is 0.312 e. The molecule has 2 aliphatic heterocycles. The first kappa shape index (κ1) is 18.1. The largest absolute Gasteiger partial charge is 0.481 e. The molecule has 0 aromatic carbocycles. The van der Waals surface area contributed by atoms with Crippen LogP contribution in [0.1, 0.15) is 5.56 Å². The van der Waals surface area contributed by atoms with Gasteiger partial charge in [0.1, 0.15) is 5.82 Å². The molecule has 0 radical (unpaired) electrons. The highest BCUT2D eigenvalue weighted by Gasteiger charge is 2.59. The second-order valence-corrected chi connectivity index (χ2v) is 9.28. The quantitative estimate of drug-likeness (QED) is 0.777. The number of rotatable bonds is 5. The molecule has 2 saturated heterocycles. The van der Waals surface area contributed by atoms with Gasteiger partial charge in [-0.15, -0.1) is 0 Å². The minimum Gasteiger partial charge on any atom is -0.481 e. The SMILES string of the molecule is CN(C)c1ccc(CN2C[C@@H]3CN(S(C)(=O)=O)C[C@]3(C(=O)O)C2)cn1. The number of sulfonamides is 1. The van der Waals surface area contributed by atoms with Crippen molar-refractivity contribution in [3.05, 3.63) is 23.9 Å². The van der Waals surface area contributed by atoms with E-state index in [1.54, 1.807) is 6.20 Å². The zero-order chi connectivity index (χ0) is 18.4. The van der Waals surface area contributed by atoms with Gasteiger partial charge >= 0.3 is 5.97 Å². The summed E-state index contributed by atoms with van der Waals surface area (Å²) in [7, 11) is 0.480. The number of carbonyl (C=O) groups is 1. The van der Waals surface area contributed by atoms with Gasteiger partial charge in [0.05, 0.1) is 11.7 Å². The van der Waals surface area contributed by atoms with Gasteiger partial charge in [0.2, 0.25) is 10.0 Å². The second-order valence-electron chi connectivity index (χ2n) is 7.30. The van der Waals surface area contributed by atoms with E-state index in [-0.39, 0.29) is 19.0 Å². The molecule has 1 aromatic rings. The lowest BCUT2D eigenvalue weighted by Gasteiger charge is -2.24. The second kappa shape index (κ2) is 6.22. The molecule has 3 rings (SSSR count). The molecule has 2 fully saturated rings. The summed E-state index contributed by atoms with van der Waals surface area (Å²) >= 11 is 0. The summed E-state index contributed by atoms with van der Waals surface area (Å²) in [5.74, 6) is -0.228. The van der Waals surface area contributed by atoms with E-state index in [9.17, 15) is 18.3 Å². The van der Waals surface area contributed by atoms with E-state index < -0.39 is 21.4 Å². The monoisotopic (exact) mass is 368 g/mol. The molecule has 0 saturated carbocycles. The normalized spacial score (nSPS) is 27.4. The first-order chi connectivity index (χ1) is 11.6. The highest BCUT2D eigenvalue weighted by atomic mass is 32.2. The Bertz CT molecular complexity index is 765. The Balaban J connectivity index is 1.73. The van der Waals surface area contributed by atoms with Crippen molar-refractivity contribution in [2.45, 2.75) is 6.54 Å². The van der Waals surface area contributed by atoms with Crippen LogP contribution in [0.5, 0.6) is 0 Å². The average molecular weight is 368 g/mol. The Labute approximate surface area is 148 Å². The van der Waals surface area contributed by atoms with Crippen LogP contribution in [0, 0.1) is 11.3 Å². The number of hydrogen-bond acceptors (Lipinski definition) is 6. The van der Waals surface area contributed by atoms with Crippen molar-refractivity contribution < 1.29 is 18.3 Å². The van der Waals surface area contributed by atoms with E-state index in [1.807, 2.05) is 31.1 Å². The first-order valence-electron chi connectivity index (χ1n) is 8.15. The number of nitrogens with zero attached hydrogens (tertiary/aromatic N) is 4. The van der Waals surface area contributed by atoms with Gasteiger partial charge in [-0.1, -0.05) is 6.07 Å². The van der Waals surface area contributed by atoms with Gasteiger partial charge in [-0.3, -0.25) is 9.69 Å². The third-order valence-corrected chi connectivity index (χ3v) is 6.43. The fraction of sp³-hybridized carbons (Fsp3) is 0.625. The summed E-state index contributed by atoms with van der Waals surface area (Å²) in [4.78, 5) is 20.3. The Morgan fingerprint density at radius 1 is 1.36 bits per heavy atom. The summed E-state index contributed by atoms with van der Waals surface area (Å²) in [6.07, 6.45) is 2.94. The predicted molar refractivity (Wildman–Crippen MR) is 93.8 cm³/mol. The van der Waals surface area contributed by atoms with Gasteiger partial charge in [-0.2, -0.15) is 0 Å². The summed E-state index contributed by atoms with van der Waals surface area (Å²) in [5, 5.41) is 9.77. The van der Waals surface area contributed by atoms with Gasteiger partial charge in [0.15, 0.2) is 0 Å². The Morgan fingerprint density at radius 3 is 2.56 bits per heavy atom. The van der Waals surface area contributed by atoms with Crippen molar-refractivity contribution in [3.8, 4) is 0 Å². The molecular weight excluding hydrogens is 344 g/mol. The lowest BCUT2D eigenvalue weighted by atomic mass is 9.81. The highest BCUT2D eigenvalue weighted by Crippen LogP contribution is 2.44. The van der Waals surface area contributed by atoms with E-state index in [0.29, 0.717) is 19.6 Å². The van der Waals surface area contributed by atoms with E-state index in [4.69, 9.17) is 0 Å². The number of aromatic nitrogens is 1. The van der Waals surface area contributed by atoms with Crippen LogP contribution in [0.4, 0.5) is 5.82 Å². The fourth-order valence-electron chi connectivity index (χ4n) is 3.83. The summed E-state index contributed by atoms with van der Waals surface area (Å²) in [6, 6.07) is 3.93. The van der Waals surface area contributed by atoms with Crippen LogP contribution in [0.15, 0.2) is 18.3 Å². The standard InChI is InChI=1S/C16H24N4O4S/c1-18(2)14-5-4-12(6-17-14)7-19-8-13-9-20(25(3,23)24)11-16(13,10-19)15(21)22/h4-6,13H,7-11H2,1-3H3,(H,21,22)/t13-,16-/m1/s1. The maximum atomic E-state index is 11.9. The zero-order valence-electron chi connectivity index (χ0n) is 14.7. The Kier molecular flexibility index (Phi) is 4.50. The van der Waals surface area contributed by atoms with Crippen molar-refractivity contribution in [1.29, 1.82) is 0 Å². The van der Waals surface area contributed by atoms with Crippen LogP contribution in [0.3, 0.4) is 0 Å². The number of pyridine rings is 1. The van der Waals surface area contributed by atoms with Crippen molar-refractivity contribution in [2.24, 2.45) is 11.3 Å². The van der Waals surface area contributed by atoms with Crippen molar-refractivity contribution >= 4 is 21.8 Å². The molecule has 1 aromatic heterocycles. The van der Waals surface area contributed by atoms with Gasteiger partial charge in [-0.25, -0.2) is 17.7 Å². The lowest BCUT2D eigenvalue weighted by molar-refractivity contribution is -0.148. The summed E-state index contributed by atoms with van der Waals surface area (Å²) < 4.78 is 24.9. The fourth-order valence-corrected chi connectivity index (χ4v) is 4.75. The predicted octanol–water partition coefficient (Wildman–Crippen LogP) is -0.0744. The molecule has 0 amide bonds. The average Bonchev–Trinajstić information content (AvgIpc) is 3.02. The van der Waals surface area contributed by atoms with Crippen molar-refractivity contribution in [2.75, 3.05) is 51.4 Å². The topological polar surface area (TPSA) is 94.0 Å². The van der Waals surface area contributed by atoms with Crippen LogP contribution >= 0.6 is 0 Å². The first-order valence-corrected chi connectivity index (χ1v) is 10.00. The number of likely N-dealkylation sites (tertiary alicyclic amines) is 1. The molecule has 8 nitrogen and oxygen atoms in total. The zero-order valence-corrected chi connectivity index (χ0v) is 15.5. The molecule has 25 heavy (non-hydrogen) atoms. The number of aliphatic carboxylic acids is 1. The molecule has 2 aliphatic rings. The van der Waals surface area contributed by atoms with Gasteiger partial charge in [-0.05, 0) is 11.6 Å². The number of hydrogen-bond donors (Lipinski definition) is 1. The molecule has 0 bridgehead atoms. The minimum atomic E-state index is -3.37. The number of carboxylic acid groups (broad SMARTS) is 1. The molecule has 0 unspecified atom stereocenters. The molecule has 0 spiro atoms. The maximum Gasteiger partial charge on any atom is 0.312 e. The van der Waals surface area contributed by atoms with Gasteiger partial charge in [0, 0.05) is 58.9 Å².